The van der Waals surface area contributed by atoms with Gasteiger partial charge in [-0.15, -0.1) is 0 Å². The van der Waals surface area contributed by atoms with Crippen LogP contribution in [0.1, 0.15) is 5.56 Å². The van der Waals surface area contributed by atoms with E-state index in [1.54, 1.807) is 0 Å². The van der Waals surface area contributed by atoms with E-state index in [4.69, 9.17) is 0 Å². The van der Waals surface area contributed by atoms with Gasteiger partial charge in [0.25, 0.3) is 0 Å². The van der Waals surface area contributed by atoms with Gasteiger partial charge in [-0.05, 0) is 12.1 Å². The molecule has 1 aliphatic rings. The Morgan fingerprint density at radius 3 is 2.73 bits per heavy atom. The van der Waals surface area contributed by atoms with Gasteiger partial charge < -0.3 is 10.0 Å². The summed E-state index contributed by atoms with van der Waals surface area (Å²) in [6.07, 6.45) is 0. The van der Waals surface area contributed by atoms with Crippen molar-refractivity contribution in [3.8, 4) is 0 Å². The molecule has 0 aliphatic carbocycles. The molecule has 1 heterocycles. The van der Waals surface area contributed by atoms with Gasteiger partial charge in [-0.2, -0.15) is 11.8 Å². The second kappa shape index (κ2) is 5.23. The molecule has 0 saturated carbocycles. The van der Waals surface area contributed by atoms with Crippen LogP contribution in [0, 0.1) is 0 Å². The van der Waals surface area contributed by atoms with Gasteiger partial charge in [0.05, 0.1) is 6.61 Å². The molecule has 82 valence electrons. The van der Waals surface area contributed by atoms with Gasteiger partial charge in [-0.25, -0.2) is 0 Å². The summed E-state index contributed by atoms with van der Waals surface area (Å²) < 4.78 is 1.08. The highest BCUT2D eigenvalue weighted by atomic mass is 79.9. The van der Waals surface area contributed by atoms with Crippen LogP contribution in [0.3, 0.4) is 0 Å². The summed E-state index contributed by atoms with van der Waals surface area (Å²) in [6.45, 7) is 2.27. The van der Waals surface area contributed by atoms with Gasteiger partial charge in [0.1, 0.15) is 0 Å². The predicted molar refractivity (Wildman–Crippen MR) is 69.6 cm³/mol. The van der Waals surface area contributed by atoms with E-state index in [0.29, 0.717) is 0 Å². The highest BCUT2D eigenvalue weighted by molar-refractivity contribution is 9.10. The minimum Gasteiger partial charge on any atom is -0.392 e. The maximum atomic E-state index is 9.29. The number of hydrogen-bond acceptors (Lipinski definition) is 3. The monoisotopic (exact) mass is 287 g/mol. The molecular formula is C11H14BrNOS. The topological polar surface area (TPSA) is 23.5 Å². The summed E-state index contributed by atoms with van der Waals surface area (Å²) in [7, 11) is 0. The summed E-state index contributed by atoms with van der Waals surface area (Å²) in [6, 6.07) is 6.07. The minimum absolute atomic E-state index is 0.117. The molecule has 1 fully saturated rings. The average molecular weight is 288 g/mol. The van der Waals surface area contributed by atoms with Gasteiger partial charge in [-0.1, -0.05) is 22.0 Å². The van der Waals surface area contributed by atoms with Crippen molar-refractivity contribution in [2.75, 3.05) is 29.5 Å². The molecule has 2 nitrogen and oxygen atoms in total. The first-order valence-electron chi connectivity index (χ1n) is 5.03. The number of hydrogen-bond donors (Lipinski definition) is 1. The molecule has 0 aromatic heterocycles. The highest BCUT2D eigenvalue weighted by Gasteiger charge is 2.14. The van der Waals surface area contributed by atoms with E-state index in [1.807, 2.05) is 23.9 Å². The number of aliphatic hydroxyl groups excluding tert-OH is 1. The molecule has 15 heavy (non-hydrogen) atoms. The van der Waals surface area contributed by atoms with Crippen molar-refractivity contribution in [1.82, 2.24) is 0 Å². The van der Waals surface area contributed by atoms with E-state index in [0.717, 1.165) is 23.1 Å². The van der Waals surface area contributed by atoms with E-state index >= 15 is 0 Å². The van der Waals surface area contributed by atoms with E-state index in [2.05, 4.69) is 26.9 Å². The van der Waals surface area contributed by atoms with Gasteiger partial charge in [-0.3, -0.25) is 0 Å². The molecule has 2 rings (SSSR count). The summed E-state index contributed by atoms with van der Waals surface area (Å²) >= 11 is 5.47. The molecule has 1 aliphatic heterocycles. The third-order valence-electron chi connectivity index (χ3n) is 2.57. The van der Waals surface area contributed by atoms with Gasteiger partial charge in [0, 0.05) is 40.3 Å². The second-order valence-electron chi connectivity index (χ2n) is 3.53. The van der Waals surface area contributed by atoms with E-state index < -0.39 is 0 Å². The van der Waals surface area contributed by atoms with E-state index in [-0.39, 0.29) is 6.61 Å². The first kappa shape index (κ1) is 11.3. The van der Waals surface area contributed by atoms with Crippen LogP contribution in [0.5, 0.6) is 0 Å². The van der Waals surface area contributed by atoms with Crippen LogP contribution in [-0.2, 0) is 6.61 Å². The zero-order chi connectivity index (χ0) is 10.7. The Morgan fingerprint density at radius 1 is 1.33 bits per heavy atom. The molecule has 0 amide bonds. The minimum atomic E-state index is 0.117. The number of halogens is 1. The molecule has 1 aromatic carbocycles. The van der Waals surface area contributed by atoms with Crippen LogP contribution in [0.15, 0.2) is 22.7 Å². The van der Waals surface area contributed by atoms with Crippen molar-refractivity contribution < 1.29 is 5.11 Å². The van der Waals surface area contributed by atoms with Gasteiger partial charge in [0.15, 0.2) is 0 Å². The predicted octanol–water partition coefficient (Wildman–Crippen LogP) is 2.49. The molecular weight excluding hydrogens is 274 g/mol. The number of nitrogens with zero attached hydrogens (tertiary/aromatic N) is 1. The van der Waals surface area contributed by atoms with Crippen molar-refractivity contribution in [2.45, 2.75) is 6.61 Å². The summed E-state index contributed by atoms with van der Waals surface area (Å²) in [5.41, 5.74) is 2.19. The summed E-state index contributed by atoms with van der Waals surface area (Å²) in [4.78, 5) is 2.35. The third-order valence-corrected chi connectivity index (χ3v) is 4.01. The standard InChI is InChI=1S/C11H14BrNOS/c12-10-2-1-9(8-14)11(7-10)13-3-5-15-6-4-13/h1-2,7,14H,3-6,8H2. The van der Waals surface area contributed by atoms with Crippen LogP contribution >= 0.6 is 27.7 Å². The smallest absolute Gasteiger partial charge is 0.0702 e. The van der Waals surface area contributed by atoms with Crippen molar-refractivity contribution in [2.24, 2.45) is 0 Å². The fraction of sp³-hybridized carbons (Fsp3) is 0.455. The lowest BCUT2D eigenvalue weighted by Gasteiger charge is -2.30. The van der Waals surface area contributed by atoms with Crippen LogP contribution in [0.2, 0.25) is 0 Å². The Bertz CT molecular complexity index is 339. The van der Waals surface area contributed by atoms with E-state index in [9.17, 15) is 5.11 Å². The van der Waals surface area contributed by atoms with Gasteiger partial charge in [0.2, 0.25) is 0 Å². The van der Waals surface area contributed by atoms with Crippen LogP contribution in [0.25, 0.3) is 0 Å². The Hall–Kier alpha value is -0.190. The quantitative estimate of drug-likeness (QED) is 0.904. The highest BCUT2D eigenvalue weighted by Crippen LogP contribution is 2.27. The summed E-state index contributed by atoms with van der Waals surface area (Å²) in [5, 5.41) is 9.29. The number of benzene rings is 1. The lowest BCUT2D eigenvalue weighted by atomic mass is 10.1. The third kappa shape index (κ3) is 2.68. The van der Waals surface area contributed by atoms with Crippen LogP contribution in [0.4, 0.5) is 5.69 Å². The van der Waals surface area contributed by atoms with Crippen molar-refractivity contribution in [3.63, 3.8) is 0 Å². The maximum absolute atomic E-state index is 9.29. The fourth-order valence-corrected chi connectivity index (χ4v) is 3.02. The SMILES string of the molecule is OCc1ccc(Br)cc1N1CCSCC1. The zero-order valence-corrected chi connectivity index (χ0v) is 10.9. The first-order chi connectivity index (χ1) is 7.31. The number of rotatable bonds is 2. The van der Waals surface area contributed by atoms with Crippen LogP contribution in [-0.4, -0.2) is 29.7 Å². The Labute approximate surface area is 103 Å². The zero-order valence-electron chi connectivity index (χ0n) is 8.45. The number of thioether (sulfide) groups is 1. The number of aliphatic hydroxyl groups is 1. The second-order valence-corrected chi connectivity index (χ2v) is 5.67. The summed E-state index contributed by atoms with van der Waals surface area (Å²) in [5.74, 6) is 2.36. The largest absolute Gasteiger partial charge is 0.392 e. The molecule has 4 heteroatoms. The Balaban J connectivity index is 2.27. The average Bonchev–Trinajstić information content (AvgIpc) is 2.30. The van der Waals surface area contributed by atoms with Crippen molar-refractivity contribution in [3.05, 3.63) is 28.2 Å². The van der Waals surface area contributed by atoms with Crippen molar-refractivity contribution in [1.29, 1.82) is 0 Å². The lowest BCUT2D eigenvalue weighted by molar-refractivity contribution is 0.282. The number of anilines is 1. The molecule has 0 unspecified atom stereocenters. The molecule has 1 saturated heterocycles. The molecule has 0 radical (unpaired) electrons. The van der Waals surface area contributed by atoms with E-state index in [1.165, 1.54) is 17.2 Å². The molecule has 1 aromatic rings. The first-order valence-corrected chi connectivity index (χ1v) is 6.98. The van der Waals surface area contributed by atoms with Crippen LogP contribution < -0.4 is 4.90 Å². The van der Waals surface area contributed by atoms with Crippen molar-refractivity contribution >= 4 is 33.4 Å². The Kier molecular flexibility index (Phi) is 3.94. The van der Waals surface area contributed by atoms with Gasteiger partial charge >= 0.3 is 0 Å². The normalized spacial score (nSPS) is 16.8. The fourth-order valence-electron chi connectivity index (χ4n) is 1.77. The maximum Gasteiger partial charge on any atom is 0.0702 e. The molecule has 1 N–H and O–H groups in total. The molecule has 0 bridgehead atoms. The Morgan fingerprint density at radius 2 is 2.07 bits per heavy atom. The lowest BCUT2D eigenvalue weighted by Crippen LogP contribution is -2.33. The molecule has 0 spiro atoms. The molecule has 0 atom stereocenters.